The predicted octanol–water partition coefficient (Wildman–Crippen LogP) is -3.42. The van der Waals surface area contributed by atoms with Crippen molar-refractivity contribution in [2.24, 2.45) is 0 Å². The highest BCUT2D eigenvalue weighted by Crippen LogP contribution is 2.15. The first kappa shape index (κ1) is 18.7. The Bertz CT molecular complexity index is 341. The highest BCUT2D eigenvalue weighted by molar-refractivity contribution is 5.21. The van der Waals surface area contributed by atoms with Crippen LogP contribution < -0.4 is 30.1 Å². The average Bonchev–Trinajstić information content (AvgIpc) is 2.79. The number of hydrogen-bond donors (Lipinski definition) is 1. The molecule has 0 aliphatic carbocycles. The van der Waals surface area contributed by atoms with E-state index in [9.17, 15) is 0 Å². The van der Waals surface area contributed by atoms with Crippen molar-refractivity contribution in [3.8, 4) is 0 Å². The number of nitrogens with zero attached hydrogens (tertiary/aromatic N) is 1. The van der Waals surface area contributed by atoms with E-state index >= 15 is 0 Å². The molecule has 1 aliphatic rings. The van der Waals surface area contributed by atoms with Crippen LogP contribution in [0.2, 0.25) is 0 Å². The summed E-state index contributed by atoms with van der Waals surface area (Å²) in [5.74, 6) is 0. The topological polar surface area (TPSA) is 15.3 Å². The molecular weight excluding hydrogens is 279 g/mol. The van der Waals surface area contributed by atoms with Gasteiger partial charge in [-0.25, -0.2) is 0 Å². The second kappa shape index (κ2) is 9.60. The van der Waals surface area contributed by atoms with Crippen molar-refractivity contribution in [2.75, 3.05) is 19.6 Å². The van der Waals surface area contributed by atoms with Crippen LogP contribution in [0.3, 0.4) is 0 Å². The van der Waals surface area contributed by atoms with Crippen molar-refractivity contribution >= 4 is 0 Å². The molecule has 0 saturated carbocycles. The molecule has 0 radical (unpaired) electrons. The normalized spacial score (nSPS) is 18.7. The zero-order valence-electron chi connectivity index (χ0n) is 11.8. The van der Waals surface area contributed by atoms with E-state index < -0.39 is 0 Å². The fourth-order valence-electron chi connectivity index (χ4n) is 2.63. The summed E-state index contributed by atoms with van der Waals surface area (Å²) in [4.78, 5) is 2.59. The maximum Gasteiger partial charge on any atom is 0.0221 e. The van der Waals surface area contributed by atoms with Crippen molar-refractivity contribution in [3.05, 3.63) is 35.4 Å². The van der Waals surface area contributed by atoms with Crippen molar-refractivity contribution in [3.63, 3.8) is 0 Å². The molecule has 19 heavy (non-hydrogen) atoms. The summed E-state index contributed by atoms with van der Waals surface area (Å²) in [6.45, 7) is 8.99. The molecule has 0 bridgehead atoms. The number of aryl methyl sites for hydroxylation is 1. The summed E-state index contributed by atoms with van der Waals surface area (Å²) in [7, 11) is 0. The summed E-state index contributed by atoms with van der Waals surface area (Å²) in [6, 6.07) is 9.56. The lowest BCUT2D eigenvalue weighted by atomic mass is 10.1. The standard InChI is InChI=1S/C15H24N2.2ClH/c1-3-17-10-4-5-15(17)12-16-11-14-8-6-13(2)7-9-14;;/h6-9,15-16H,3-5,10-12H2,1-2H3;2*1H/p-2. The average molecular weight is 303 g/mol. The minimum atomic E-state index is 0. The Labute approximate surface area is 129 Å². The van der Waals surface area contributed by atoms with Crippen molar-refractivity contribution in [1.82, 2.24) is 10.2 Å². The first-order valence-electron chi connectivity index (χ1n) is 6.80. The summed E-state index contributed by atoms with van der Waals surface area (Å²) >= 11 is 0. The molecule has 1 saturated heterocycles. The van der Waals surface area contributed by atoms with Gasteiger partial charge in [-0.15, -0.1) is 0 Å². The van der Waals surface area contributed by atoms with Crippen LogP contribution in [0.1, 0.15) is 30.9 Å². The summed E-state index contributed by atoms with van der Waals surface area (Å²) in [5, 5.41) is 3.59. The van der Waals surface area contributed by atoms with Crippen molar-refractivity contribution in [1.29, 1.82) is 0 Å². The molecule has 1 N–H and O–H groups in total. The highest BCUT2D eigenvalue weighted by atomic mass is 35.5. The summed E-state index contributed by atoms with van der Waals surface area (Å²) in [5.41, 5.74) is 2.72. The van der Waals surface area contributed by atoms with Gasteiger partial charge in [0.15, 0.2) is 0 Å². The minimum Gasteiger partial charge on any atom is -1.00 e. The monoisotopic (exact) mass is 302 g/mol. The molecule has 1 aliphatic heterocycles. The van der Waals surface area contributed by atoms with E-state index in [-0.39, 0.29) is 24.8 Å². The van der Waals surface area contributed by atoms with E-state index in [1.807, 2.05) is 0 Å². The number of nitrogens with one attached hydrogen (secondary N) is 1. The Morgan fingerprint density at radius 1 is 1.21 bits per heavy atom. The molecule has 1 aromatic rings. The van der Waals surface area contributed by atoms with Gasteiger partial charge in [-0.1, -0.05) is 36.8 Å². The van der Waals surface area contributed by atoms with E-state index in [0.29, 0.717) is 0 Å². The van der Waals surface area contributed by atoms with Gasteiger partial charge in [0.25, 0.3) is 0 Å². The third kappa shape index (κ3) is 5.70. The van der Waals surface area contributed by atoms with E-state index in [0.717, 1.165) is 19.1 Å². The predicted molar refractivity (Wildman–Crippen MR) is 73.2 cm³/mol. The Morgan fingerprint density at radius 2 is 1.89 bits per heavy atom. The van der Waals surface area contributed by atoms with Gasteiger partial charge >= 0.3 is 0 Å². The van der Waals surface area contributed by atoms with E-state index in [1.54, 1.807) is 0 Å². The molecule has 0 spiro atoms. The van der Waals surface area contributed by atoms with Crippen molar-refractivity contribution in [2.45, 2.75) is 39.3 Å². The molecular formula is C15H24Cl2N2-2. The highest BCUT2D eigenvalue weighted by Gasteiger charge is 2.21. The maximum absolute atomic E-state index is 3.59. The second-order valence-electron chi connectivity index (χ2n) is 5.04. The van der Waals surface area contributed by atoms with Crippen molar-refractivity contribution < 1.29 is 24.8 Å². The smallest absolute Gasteiger partial charge is 0.0221 e. The first-order valence-corrected chi connectivity index (χ1v) is 6.80. The molecule has 1 atom stereocenters. The molecule has 2 rings (SSSR count). The summed E-state index contributed by atoms with van der Waals surface area (Å²) < 4.78 is 0. The first-order chi connectivity index (χ1) is 8.29. The van der Waals surface area contributed by atoms with Crippen LogP contribution in [0.25, 0.3) is 0 Å². The largest absolute Gasteiger partial charge is 1.00 e. The number of hydrogen-bond acceptors (Lipinski definition) is 2. The summed E-state index contributed by atoms with van der Waals surface area (Å²) in [6.07, 6.45) is 2.72. The molecule has 2 nitrogen and oxygen atoms in total. The van der Waals surface area contributed by atoms with Crippen LogP contribution in [0.5, 0.6) is 0 Å². The Morgan fingerprint density at radius 3 is 2.53 bits per heavy atom. The Hall–Kier alpha value is -0.280. The third-order valence-electron chi connectivity index (χ3n) is 3.73. The molecule has 110 valence electrons. The third-order valence-corrected chi connectivity index (χ3v) is 3.73. The van der Waals surface area contributed by atoms with E-state index in [4.69, 9.17) is 0 Å². The number of likely N-dealkylation sites (tertiary alicyclic amines) is 1. The van der Waals surface area contributed by atoms with Gasteiger partial charge in [0.05, 0.1) is 0 Å². The van der Waals surface area contributed by atoms with Crippen LogP contribution in [-0.4, -0.2) is 30.6 Å². The number of likely N-dealkylation sites (N-methyl/N-ethyl adjacent to an activating group) is 1. The maximum atomic E-state index is 3.59. The number of rotatable bonds is 5. The molecule has 4 heteroatoms. The molecule has 1 fully saturated rings. The minimum absolute atomic E-state index is 0. The molecule has 1 heterocycles. The van der Waals surface area contributed by atoms with Gasteiger partial charge in [-0.05, 0) is 38.4 Å². The fraction of sp³-hybridized carbons (Fsp3) is 0.600. The Balaban J connectivity index is 0.00000162. The zero-order valence-corrected chi connectivity index (χ0v) is 13.3. The number of halogens is 2. The van der Waals surface area contributed by atoms with E-state index in [2.05, 4.69) is 48.3 Å². The van der Waals surface area contributed by atoms with Crippen LogP contribution in [-0.2, 0) is 6.54 Å². The lowest BCUT2D eigenvalue weighted by molar-refractivity contribution is -0.001000. The zero-order chi connectivity index (χ0) is 12.1. The lowest BCUT2D eigenvalue weighted by Gasteiger charge is -2.23. The fourth-order valence-corrected chi connectivity index (χ4v) is 2.63. The van der Waals surface area contributed by atoms with Crippen LogP contribution in [0, 0.1) is 6.92 Å². The lowest BCUT2D eigenvalue weighted by Crippen LogP contribution is -3.00. The van der Waals surface area contributed by atoms with Crippen LogP contribution >= 0.6 is 0 Å². The molecule has 1 aromatic carbocycles. The van der Waals surface area contributed by atoms with Gasteiger partial charge in [0, 0.05) is 19.1 Å². The SMILES string of the molecule is CCN1CCCC1CNCc1ccc(C)cc1.[Cl-].[Cl-]. The van der Waals surface area contributed by atoms with Gasteiger partial charge in [0.1, 0.15) is 0 Å². The molecule has 1 unspecified atom stereocenters. The molecule has 0 amide bonds. The molecule has 0 aromatic heterocycles. The van der Waals surface area contributed by atoms with Gasteiger partial charge in [0.2, 0.25) is 0 Å². The van der Waals surface area contributed by atoms with Crippen LogP contribution in [0.4, 0.5) is 0 Å². The Kier molecular flexibility index (Phi) is 9.46. The van der Waals surface area contributed by atoms with Gasteiger partial charge < -0.3 is 30.1 Å². The van der Waals surface area contributed by atoms with Crippen LogP contribution in [0.15, 0.2) is 24.3 Å². The van der Waals surface area contributed by atoms with Gasteiger partial charge in [-0.3, -0.25) is 4.90 Å². The number of benzene rings is 1. The quantitative estimate of drug-likeness (QED) is 0.609. The van der Waals surface area contributed by atoms with Gasteiger partial charge in [-0.2, -0.15) is 0 Å². The second-order valence-corrected chi connectivity index (χ2v) is 5.04. The van der Waals surface area contributed by atoms with E-state index in [1.165, 1.54) is 37.1 Å².